The van der Waals surface area contributed by atoms with Crippen molar-refractivity contribution >= 4 is 17.6 Å². The summed E-state index contributed by atoms with van der Waals surface area (Å²) in [5.74, 6) is -1.57. The van der Waals surface area contributed by atoms with Crippen molar-refractivity contribution in [2.75, 3.05) is 0 Å². The monoisotopic (exact) mass is 224 g/mol. The number of rotatable bonds is 3. The van der Waals surface area contributed by atoms with E-state index in [9.17, 15) is 19.7 Å². The number of esters is 1. The minimum atomic E-state index is -0.836. The van der Waals surface area contributed by atoms with Crippen molar-refractivity contribution < 1.29 is 19.2 Å². The number of benzene rings is 1. The third-order valence-corrected chi connectivity index (χ3v) is 1.65. The number of non-ortho nitro benzene ring substituents is 1. The molecule has 0 atom stereocenters. The highest BCUT2D eigenvalue weighted by atomic mass is 16.6. The molecule has 7 nitrogen and oxygen atoms in total. The summed E-state index contributed by atoms with van der Waals surface area (Å²) in [6.07, 6.45) is 0. The Balaban J connectivity index is 3.23. The van der Waals surface area contributed by atoms with Gasteiger partial charge in [-0.2, -0.15) is 0 Å². The highest BCUT2D eigenvalue weighted by Gasteiger charge is 2.14. The van der Waals surface area contributed by atoms with Gasteiger partial charge in [-0.3, -0.25) is 19.7 Å². The predicted molar refractivity (Wildman–Crippen MR) is 52.9 cm³/mol. The molecule has 7 heteroatoms. The van der Waals surface area contributed by atoms with Gasteiger partial charge in [0.15, 0.2) is 0 Å². The van der Waals surface area contributed by atoms with Crippen molar-refractivity contribution in [3.05, 3.63) is 33.9 Å². The molecule has 0 saturated heterocycles. The van der Waals surface area contributed by atoms with Crippen LogP contribution in [0, 0.1) is 10.1 Å². The normalized spacial score (nSPS) is 9.56. The van der Waals surface area contributed by atoms with Crippen LogP contribution in [-0.4, -0.2) is 16.8 Å². The van der Waals surface area contributed by atoms with Crippen LogP contribution in [0.3, 0.4) is 0 Å². The third-order valence-electron chi connectivity index (χ3n) is 1.65. The maximum Gasteiger partial charge on any atom is 0.308 e. The maximum absolute atomic E-state index is 10.9. The first-order chi connectivity index (χ1) is 7.40. The summed E-state index contributed by atoms with van der Waals surface area (Å²) in [4.78, 5) is 31.4. The molecule has 0 aromatic heterocycles. The molecule has 1 amide bonds. The third kappa shape index (κ3) is 2.77. The van der Waals surface area contributed by atoms with Gasteiger partial charge in [0.2, 0.25) is 5.91 Å². The molecule has 16 heavy (non-hydrogen) atoms. The molecule has 0 fully saturated rings. The average Bonchev–Trinajstić information content (AvgIpc) is 2.15. The Morgan fingerprint density at radius 1 is 1.38 bits per heavy atom. The van der Waals surface area contributed by atoms with Crippen LogP contribution in [0.25, 0.3) is 0 Å². The summed E-state index contributed by atoms with van der Waals surface area (Å²) in [6, 6.07) is 3.21. The zero-order valence-corrected chi connectivity index (χ0v) is 8.30. The molecule has 0 heterocycles. The van der Waals surface area contributed by atoms with Gasteiger partial charge in [0.05, 0.1) is 11.0 Å². The van der Waals surface area contributed by atoms with Gasteiger partial charge in [0.25, 0.3) is 5.69 Å². The predicted octanol–water partition coefficient (Wildman–Crippen LogP) is 0.619. The number of carbonyl (C=O) groups is 2. The molecule has 0 aliphatic heterocycles. The number of nitrogens with two attached hydrogens (primary N) is 1. The molecule has 0 saturated carbocycles. The summed E-state index contributed by atoms with van der Waals surface area (Å²) in [6.45, 7) is 1.14. The maximum atomic E-state index is 10.9. The van der Waals surface area contributed by atoms with E-state index in [-0.39, 0.29) is 17.0 Å². The van der Waals surface area contributed by atoms with E-state index in [4.69, 9.17) is 5.73 Å². The lowest BCUT2D eigenvalue weighted by Crippen LogP contribution is -2.12. The van der Waals surface area contributed by atoms with Crippen molar-refractivity contribution in [2.45, 2.75) is 6.92 Å². The molecule has 1 aromatic rings. The first-order valence-corrected chi connectivity index (χ1v) is 4.18. The van der Waals surface area contributed by atoms with E-state index in [2.05, 4.69) is 4.74 Å². The number of carbonyl (C=O) groups excluding carboxylic acids is 2. The van der Waals surface area contributed by atoms with E-state index >= 15 is 0 Å². The van der Waals surface area contributed by atoms with Crippen molar-refractivity contribution in [3.8, 4) is 5.75 Å². The lowest BCUT2D eigenvalue weighted by Gasteiger charge is -2.02. The second kappa shape index (κ2) is 4.39. The second-order valence-electron chi connectivity index (χ2n) is 2.93. The van der Waals surface area contributed by atoms with Crippen molar-refractivity contribution in [3.63, 3.8) is 0 Å². The fourth-order valence-corrected chi connectivity index (χ4v) is 1.06. The van der Waals surface area contributed by atoms with E-state index in [1.54, 1.807) is 0 Å². The Hall–Kier alpha value is -2.44. The topological polar surface area (TPSA) is 113 Å². The first-order valence-electron chi connectivity index (χ1n) is 4.18. The summed E-state index contributed by atoms with van der Waals surface area (Å²) >= 11 is 0. The lowest BCUT2D eigenvalue weighted by molar-refractivity contribution is -0.384. The van der Waals surface area contributed by atoms with Crippen LogP contribution in [0.1, 0.15) is 17.3 Å². The quantitative estimate of drug-likeness (QED) is 0.350. The van der Waals surface area contributed by atoms with Gasteiger partial charge in [-0.25, -0.2) is 0 Å². The Morgan fingerprint density at radius 3 is 2.44 bits per heavy atom. The minimum Gasteiger partial charge on any atom is -0.426 e. The number of ether oxygens (including phenoxy) is 1. The highest BCUT2D eigenvalue weighted by molar-refractivity contribution is 5.94. The molecule has 1 aromatic carbocycles. The molecular formula is C9H8N2O5. The fourth-order valence-electron chi connectivity index (χ4n) is 1.06. The standard InChI is InChI=1S/C9H8N2O5/c1-5(12)16-8-3-6(9(10)13)2-7(4-8)11(14)15/h2-4H,1H3,(H2,10,13). The lowest BCUT2D eigenvalue weighted by atomic mass is 10.2. The smallest absolute Gasteiger partial charge is 0.308 e. The van der Waals surface area contributed by atoms with Gasteiger partial charge in [0, 0.05) is 18.6 Å². The van der Waals surface area contributed by atoms with Gasteiger partial charge in [0.1, 0.15) is 5.75 Å². The zero-order valence-electron chi connectivity index (χ0n) is 8.30. The fraction of sp³-hybridized carbons (Fsp3) is 0.111. The molecular weight excluding hydrogens is 216 g/mol. The Morgan fingerprint density at radius 2 is 2.00 bits per heavy atom. The van der Waals surface area contributed by atoms with Crippen LogP contribution < -0.4 is 10.5 Å². The van der Waals surface area contributed by atoms with Crippen molar-refractivity contribution in [1.29, 1.82) is 0 Å². The van der Waals surface area contributed by atoms with E-state index in [1.807, 2.05) is 0 Å². The van der Waals surface area contributed by atoms with Crippen LogP contribution in [-0.2, 0) is 4.79 Å². The number of nitrogens with zero attached hydrogens (tertiary/aromatic N) is 1. The number of nitro groups is 1. The molecule has 84 valence electrons. The SMILES string of the molecule is CC(=O)Oc1cc(C(N)=O)cc([N+](=O)[O-])c1. The number of primary amides is 1. The van der Waals surface area contributed by atoms with Crippen LogP contribution >= 0.6 is 0 Å². The second-order valence-corrected chi connectivity index (χ2v) is 2.93. The molecule has 0 unspecified atom stereocenters. The van der Waals surface area contributed by atoms with Gasteiger partial charge in [-0.15, -0.1) is 0 Å². The highest BCUT2D eigenvalue weighted by Crippen LogP contribution is 2.22. The van der Waals surface area contributed by atoms with Gasteiger partial charge in [-0.1, -0.05) is 0 Å². The number of hydrogen-bond acceptors (Lipinski definition) is 5. The average molecular weight is 224 g/mol. The summed E-state index contributed by atoms with van der Waals surface area (Å²) in [5, 5.41) is 10.5. The zero-order chi connectivity index (χ0) is 12.3. The molecule has 0 bridgehead atoms. The van der Waals surface area contributed by atoms with Crippen LogP contribution in [0.5, 0.6) is 5.75 Å². The van der Waals surface area contributed by atoms with E-state index in [1.165, 1.54) is 0 Å². The number of hydrogen-bond donors (Lipinski definition) is 1. The van der Waals surface area contributed by atoms with Gasteiger partial charge >= 0.3 is 5.97 Å². The van der Waals surface area contributed by atoms with Crippen LogP contribution in [0.15, 0.2) is 18.2 Å². The Labute approximate surface area is 90.0 Å². The minimum absolute atomic E-state index is 0.0875. The Bertz CT molecular complexity index is 437. The first kappa shape index (κ1) is 11.6. The largest absolute Gasteiger partial charge is 0.426 e. The van der Waals surface area contributed by atoms with E-state index in [0.717, 1.165) is 25.1 Å². The summed E-state index contributed by atoms with van der Waals surface area (Å²) < 4.78 is 4.64. The molecule has 0 radical (unpaired) electrons. The molecule has 0 spiro atoms. The Kier molecular flexibility index (Phi) is 3.19. The van der Waals surface area contributed by atoms with Gasteiger partial charge < -0.3 is 10.5 Å². The molecule has 0 aliphatic carbocycles. The van der Waals surface area contributed by atoms with E-state index in [0.29, 0.717) is 0 Å². The van der Waals surface area contributed by atoms with Gasteiger partial charge in [-0.05, 0) is 6.07 Å². The van der Waals surface area contributed by atoms with E-state index < -0.39 is 16.8 Å². The summed E-state index contributed by atoms with van der Waals surface area (Å²) in [5.41, 5.74) is 4.52. The number of nitro benzene ring substituents is 1. The molecule has 2 N–H and O–H groups in total. The van der Waals surface area contributed by atoms with Crippen molar-refractivity contribution in [1.82, 2.24) is 0 Å². The van der Waals surface area contributed by atoms with Crippen molar-refractivity contribution in [2.24, 2.45) is 5.73 Å². The van der Waals surface area contributed by atoms with Crippen LogP contribution in [0.2, 0.25) is 0 Å². The number of amides is 1. The van der Waals surface area contributed by atoms with Crippen LogP contribution in [0.4, 0.5) is 5.69 Å². The summed E-state index contributed by atoms with van der Waals surface area (Å²) in [7, 11) is 0. The molecule has 0 aliphatic rings. The molecule has 1 rings (SSSR count).